The molecule has 0 aromatic heterocycles. The first-order valence-electron chi connectivity index (χ1n) is 12.3. The lowest BCUT2D eigenvalue weighted by Gasteiger charge is -2.12. The summed E-state index contributed by atoms with van der Waals surface area (Å²) in [6.45, 7) is 9.69. The van der Waals surface area contributed by atoms with Crippen molar-refractivity contribution in [2.75, 3.05) is 66.5 Å². The van der Waals surface area contributed by atoms with E-state index in [1.165, 1.54) is 38.5 Å². The molecule has 1 amide bonds. The zero-order chi connectivity index (χ0) is 22.8. The lowest BCUT2D eigenvalue weighted by Crippen LogP contribution is -2.27. The molecule has 0 aromatic rings. The van der Waals surface area contributed by atoms with E-state index in [4.69, 9.17) is 23.7 Å². The second-order valence-corrected chi connectivity index (χ2v) is 7.87. The molecule has 0 aliphatic carbocycles. The maximum atomic E-state index is 11.8. The fraction of sp³-hybridized carbons (Fsp3) is 0.958. The Balaban J connectivity index is 3.20. The van der Waals surface area contributed by atoms with Crippen molar-refractivity contribution in [3.8, 4) is 0 Å². The fourth-order valence-electron chi connectivity index (χ4n) is 2.99. The molecule has 0 aromatic carbocycles. The minimum absolute atomic E-state index is 0.113. The number of amides is 1. The van der Waals surface area contributed by atoms with Crippen LogP contribution in [0.4, 0.5) is 0 Å². The molecule has 0 aliphatic rings. The lowest BCUT2D eigenvalue weighted by molar-refractivity contribution is -0.121. The molecule has 31 heavy (non-hydrogen) atoms. The summed E-state index contributed by atoms with van der Waals surface area (Å²) in [4.78, 5) is 11.8. The highest BCUT2D eigenvalue weighted by atomic mass is 16.6. The Hall–Kier alpha value is -0.730. The predicted octanol–water partition coefficient (Wildman–Crippen LogP) is 4.12. The Labute approximate surface area is 190 Å². The quantitative estimate of drug-likeness (QED) is 0.212. The average molecular weight is 448 g/mol. The number of hydrogen-bond acceptors (Lipinski definition) is 6. The highest BCUT2D eigenvalue weighted by Crippen LogP contribution is 2.09. The SMILES string of the molecule is CCCCC(C)OCCCCCCCCC(=O)NCCOCCOCCOCCOC. The van der Waals surface area contributed by atoms with Gasteiger partial charge in [0.1, 0.15) is 0 Å². The minimum atomic E-state index is 0.113. The van der Waals surface area contributed by atoms with Crippen LogP contribution in [0.25, 0.3) is 0 Å². The molecule has 0 heterocycles. The highest BCUT2D eigenvalue weighted by Gasteiger charge is 2.02. The van der Waals surface area contributed by atoms with Gasteiger partial charge in [-0.15, -0.1) is 0 Å². The van der Waals surface area contributed by atoms with Gasteiger partial charge in [-0.3, -0.25) is 4.79 Å². The van der Waals surface area contributed by atoms with Crippen molar-refractivity contribution in [1.82, 2.24) is 5.32 Å². The number of carbonyl (C=O) groups is 1. The van der Waals surface area contributed by atoms with Crippen molar-refractivity contribution < 1.29 is 28.5 Å². The van der Waals surface area contributed by atoms with Crippen LogP contribution in [-0.4, -0.2) is 78.5 Å². The van der Waals surface area contributed by atoms with Crippen molar-refractivity contribution in [2.24, 2.45) is 0 Å². The minimum Gasteiger partial charge on any atom is -0.382 e. The zero-order valence-corrected chi connectivity index (χ0v) is 20.5. The first-order chi connectivity index (χ1) is 15.2. The van der Waals surface area contributed by atoms with E-state index in [0.717, 1.165) is 25.9 Å². The third kappa shape index (κ3) is 25.4. The van der Waals surface area contributed by atoms with Gasteiger partial charge in [0.15, 0.2) is 0 Å². The largest absolute Gasteiger partial charge is 0.382 e. The van der Waals surface area contributed by atoms with Crippen molar-refractivity contribution in [3.63, 3.8) is 0 Å². The highest BCUT2D eigenvalue weighted by molar-refractivity contribution is 5.75. The molecular weight excluding hydrogens is 398 g/mol. The average Bonchev–Trinajstić information content (AvgIpc) is 2.77. The van der Waals surface area contributed by atoms with Crippen LogP contribution in [0.2, 0.25) is 0 Å². The molecule has 186 valence electrons. The maximum absolute atomic E-state index is 11.8. The van der Waals surface area contributed by atoms with Crippen molar-refractivity contribution in [3.05, 3.63) is 0 Å². The van der Waals surface area contributed by atoms with Gasteiger partial charge in [-0.05, 0) is 26.2 Å². The third-order valence-corrected chi connectivity index (χ3v) is 4.91. The number of carbonyl (C=O) groups excluding carboxylic acids is 1. The van der Waals surface area contributed by atoms with E-state index in [9.17, 15) is 4.79 Å². The molecule has 0 bridgehead atoms. The number of hydrogen-bond donors (Lipinski definition) is 1. The van der Waals surface area contributed by atoms with Crippen LogP contribution in [0, 0.1) is 0 Å². The molecule has 7 heteroatoms. The summed E-state index contributed by atoms with van der Waals surface area (Å²) in [6.07, 6.45) is 11.5. The van der Waals surface area contributed by atoms with Gasteiger partial charge in [-0.2, -0.15) is 0 Å². The van der Waals surface area contributed by atoms with Gasteiger partial charge < -0.3 is 29.0 Å². The predicted molar refractivity (Wildman–Crippen MR) is 125 cm³/mol. The van der Waals surface area contributed by atoms with E-state index >= 15 is 0 Å². The van der Waals surface area contributed by atoms with E-state index in [1.54, 1.807) is 7.11 Å². The van der Waals surface area contributed by atoms with Crippen molar-refractivity contribution in [2.45, 2.75) is 84.2 Å². The molecule has 0 aliphatic heterocycles. The van der Waals surface area contributed by atoms with Crippen LogP contribution >= 0.6 is 0 Å². The van der Waals surface area contributed by atoms with Crippen LogP contribution < -0.4 is 5.32 Å². The summed E-state index contributed by atoms with van der Waals surface area (Å²) >= 11 is 0. The van der Waals surface area contributed by atoms with Crippen LogP contribution in [-0.2, 0) is 28.5 Å². The molecule has 0 radical (unpaired) electrons. The van der Waals surface area contributed by atoms with E-state index in [2.05, 4.69) is 19.2 Å². The van der Waals surface area contributed by atoms with E-state index in [0.29, 0.717) is 65.3 Å². The van der Waals surface area contributed by atoms with E-state index in [-0.39, 0.29) is 5.91 Å². The van der Waals surface area contributed by atoms with Crippen LogP contribution in [0.1, 0.15) is 78.1 Å². The molecule has 0 fully saturated rings. The van der Waals surface area contributed by atoms with Gasteiger partial charge in [0, 0.05) is 26.7 Å². The smallest absolute Gasteiger partial charge is 0.220 e. The Bertz CT molecular complexity index is 370. The first-order valence-corrected chi connectivity index (χ1v) is 12.3. The second-order valence-electron chi connectivity index (χ2n) is 7.87. The Morgan fingerprint density at radius 2 is 1.32 bits per heavy atom. The van der Waals surface area contributed by atoms with E-state index in [1.807, 2.05) is 0 Å². The molecule has 0 saturated carbocycles. The van der Waals surface area contributed by atoms with Gasteiger partial charge >= 0.3 is 0 Å². The Morgan fingerprint density at radius 3 is 1.97 bits per heavy atom. The van der Waals surface area contributed by atoms with Gasteiger partial charge in [0.05, 0.1) is 52.4 Å². The van der Waals surface area contributed by atoms with Gasteiger partial charge in [0.2, 0.25) is 5.91 Å². The Kier molecular flexibility index (Phi) is 24.9. The summed E-state index contributed by atoms with van der Waals surface area (Å²) in [6, 6.07) is 0. The lowest BCUT2D eigenvalue weighted by atomic mass is 10.1. The second kappa shape index (κ2) is 25.5. The standard InChI is InChI=1S/C24H49NO6/c1-4-5-12-23(2)31-15-11-9-7-6-8-10-13-24(26)25-14-16-28-19-20-30-22-21-29-18-17-27-3/h23H,4-22H2,1-3H3,(H,25,26). The summed E-state index contributed by atoms with van der Waals surface area (Å²) in [5.74, 6) is 0.113. The van der Waals surface area contributed by atoms with Crippen LogP contribution in [0.3, 0.4) is 0 Å². The number of methoxy groups -OCH3 is 1. The van der Waals surface area contributed by atoms with Gasteiger partial charge in [-0.1, -0.05) is 45.4 Å². The molecule has 1 N–H and O–H groups in total. The number of rotatable bonds is 25. The monoisotopic (exact) mass is 447 g/mol. The van der Waals surface area contributed by atoms with Crippen molar-refractivity contribution in [1.29, 1.82) is 0 Å². The molecule has 1 unspecified atom stereocenters. The topological polar surface area (TPSA) is 75.3 Å². The maximum Gasteiger partial charge on any atom is 0.220 e. The van der Waals surface area contributed by atoms with Gasteiger partial charge in [0.25, 0.3) is 0 Å². The number of nitrogens with one attached hydrogen (secondary N) is 1. The molecule has 7 nitrogen and oxygen atoms in total. The van der Waals surface area contributed by atoms with Crippen LogP contribution in [0.15, 0.2) is 0 Å². The first kappa shape index (κ1) is 30.3. The summed E-state index contributed by atoms with van der Waals surface area (Å²) in [5, 5.41) is 2.90. The molecule has 0 spiro atoms. The Morgan fingerprint density at radius 1 is 0.742 bits per heavy atom. The molecule has 1 atom stereocenters. The van der Waals surface area contributed by atoms with Gasteiger partial charge in [-0.25, -0.2) is 0 Å². The molecule has 0 rings (SSSR count). The summed E-state index contributed by atoms with van der Waals surface area (Å²) < 4.78 is 26.8. The normalized spacial score (nSPS) is 12.2. The van der Waals surface area contributed by atoms with Crippen LogP contribution in [0.5, 0.6) is 0 Å². The fourth-order valence-corrected chi connectivity index (χ4v) is 2.99. The number of unbranched alkanes of at least 4 members (excludes halogenated alkanes) is 6. The molecule has 0 saturated heterocycles. The summed E-state index contributed by atoms with van der Waals surface area (Å²) in [5.41, 5.74) is 0. The summed E-state index contributed by atoms with van der Waals surface area (Å²) in [7, 11) is 1.65. The third-order valence-electron chi connectivity index (χ3n) is 4.91. The molecular formula is C24H49NO6. The van der Waals surface area contributed by atoms with E-state index < -0.39 is 0 Å². The number of ether oxygens (including phenoxy) is 5. The zero-order valence-electron chi connectivity index (χ0n) is 20.5. The van der Waals surface area contributed by atoms with Crippen molar-refractivity contribution >= 4 is 5.91 Å².